The molecule has 1 aliphatic carbocycles. The third-order valence-corrected chi connectivity index (χ3v) is 4.73. The molecule has 0 aromatic rings. The molecule has 0 saturated heterocycles. The van der Waals surface area contributed by atoms with Gasteiger partial charge in [0.15, 0.2) is 12.0 Å². The predicted octanol–water partition coefficient (Wildman–Crippen LogP) is 2.47. The Balaban J connectivity index is 2.93. The van der Waals surface area contributed by atoms with E-state index >= 15 is 0 Å². The van der Waals surface area contributed by atoms with Crippen LogP contribution in [0.25, 0.3) is 0 Å². The number of ether oxygens (including phenoxy) is 1. The molecule has 0 aromatic heterocycles. The first-order valence-corrected chi connectivity index (χ1v) is 8.68. The molecular weight excluding hydrogens is 330 g/mol. The van der Waals surface area contributed by atoms with Crippen LogP contribution in [-0.2, 0) is 14.3 Å². The van der Waals surface area contributed by atoms with Gasteiger partial charge in [0.2, 0.25) is 5.91 Å². The zero-order chi connectivity index (χ0) is 19.6. The molecule has 138 valence electrons. The zero-order valence-electron chi connectivity index (χ0n) is 15.4. The van der Waals surface area contributed by atoms with E-state index in [9.17, 15) is 20.1 Å². The average molecular weight is 355 g/mol. The second-order valence-electron chi connectivity index (χ2n) is 6.61. The van der Waals surface area contributed by atoms with Crippen LogP contribution in [0.3, 0.4) is 0 Å². The maximum atomic E-state index is 11.3. The molecule has 1 fully saturated rings. The molecule has 0 aromatic carbocycles. The second-order valence-corrected chi connectivity index (χ2v) is 6.61. The van der Waals surface area contributed by atoms with E-state index in [1.807, 2.05) is 0 Å². The molecule has 0 bridgehead atoms. The minimum absolute atomic E-state index is 0.0480. The normalized spacial score (nSPS) is 21.9. The summed E-state index contributed by atoms with van der Waals surface area (Å²) >= 11 is 0. The van der Waals surface area contributed by atoms with E-state index in [4.69, 9.17) is 4.74 Å². The molecule has 1 aliphatic rings. The molecule has 1 amide bonds. The van der Waals surface area contributed by atoms with Crippen molar-refractivity contribution in [1.29, 1.82) is 10.5 Å². The van der Waals surface area contributed by atoms with Crippen molar-refractivity contribution >= 4 is 11.9 Å². The van der Waals surface area contributed by atoms with E-state index < -0.39 is 11.4 Å². The number of nitrogens with one attached hydrogen (secondary N) is 1. The van der Waals surface area contributed by atoms with Crippen LogP contribution in [0.4, 0.5) is 0 Å². The first-order chi connectivity index (χ1) is 12.4. The molecule has 6 heteroatoms. The van der Waals surface area contributed by atoms with Crippen molar-refractivity contribution in [2.75, 3.05) is 6.61 Å². The number of nitriles is 2. The van der Waals surface area contributed by atoms with E-state index in [0.29, 0.717) is 19.3 Å². The van der Waals surface area contributed by atoms with Gasteiger partial charge >= 0.3 is 5.97 Å². The number of carbonyl (C=O) groups excluding carboxylic acids is 2. The Hall–Kier alpha value is -2.78. The third kappa shape index (κ3) is 5.94. The van der Waals surface area contributed by atoms with Crippen LogP contribution in [-0.4, -0.2) is 24.5 Å². The number of esters is 1. The molecule has 0 aliphatic heterocycles. The largest absolute Gasteiger partial charge is 0.453 e. The maximum Gasteiger partial charge on any atom is 0.303 e. The van der Waals surface area contributed by atoms with Crippen molar-refractivity contribution < 1.29 is 14.3 Å². The lowest BCUT2D eigenvalue weighted by Gasteiger charge is -2.41. The van der Waals surface area contributed by atoms with Crippen molar-refractivity contribution in [1.82, 2.24) is 5.32 Å². The summed E-state index contributed by atoms with van der Waals surface area (Å²) in [7, 11) is 0. The lowest BCUT2D eigenvalue weighted by atomic mass is 9.62. The highest BCUT2D eigenvalue weighted by Gasteiger charge is 2.45. The summed E-state index contributed by atoms with van der Waals surface area (Å²) in [6.07, 6.45) is 4.67. The molecule has 0 radical (unpaired) electrons. The van der Waals surface area contributed by atoms with Gasteiger partial charge in [0.05, 0.1) is 12.1 Å². The van der Waals surface area contributed by atoms with E-state index in [2.05, 4.69) is 35.9 Å². The summed E-state index contributed by atoms with van der Waals surface area (Å²) in [5, 5.41) is 22.4. The highest BCUT2D eigenvalue weighted by molar-refractivity contribution is 5.73. The molecule has 0 unspecified atom stereocenters. The van der Waals surface area contributed by atoms with Gasteiger partial charge in [0, 0.05) is 26.3 Å². The Morgan fingerprint density at radius 2 is 1.96 bits per heavy atom. The lowest BCUT2D eigenvalue weighted by Crippen LogP contribution is -2.44. The van der Waals surface area contributed by atoms with E-state index in [1.165, 1.54) is 13.8 Å². The van der Waals surface area contributed by atoms with Gasteiger partial charge in [-0.05, 0) is 37.5 Å². The van der Waals surface area contributed by atoms with Crippen LogP contribution in [0.5, 0.6) is 0 Å². The maximum absolute atomic E-state index is 11.3. The van der Waals surface area contributed by atoms with Gasteiger partial charge in [-0.2, -0.15) is 10.5 Å². The molecule has 26 heavy (non-hydrogen) atoms. The molecule has 1 saturated carbocycles. The number of hydrogen-bond donors (Lipinski definition) is 1. The minimum Gasteiger partial charge on any atom is -0.453 e. The highest BCUT2D eigenvalue weighted by atomic mass is 16.5. The van der Waals surface area contributed by atoms with E-state index in [0.717, 1.165) is 6.42 Å². The van der Waals surface area contributed by atoms with Crippen molar-refractivity contribution in [2.45, 2.75) is 52.0 Å². The highest BCUT2D eigenvalue weighted by Crippen LogP contribution is 2.45. The fourth-order valence-corrected chi connectivity index (χ4v) is 3.60. The van der Waals surface area contributed by atoms with Crippen LogP contribution in [0.1, 0.15) is 46.0 Å². The van der Waals surface area contributed by atoms with Crippen LogP contribution < -0.4 is 5.32 Å². The van der Waals surface area contributed by atoms with Gasteiger partial charge in [-0.3, -0.25) is 9.59 Å². The zero-order valence-corrected chi connectivity index (χ0v) is 15.4. The lowest BCUT2D eigenvalue weighted by molar-refractivity contribution is -0.139. The third-order valence-electron chi connectivity index (χ3n) is 4.73. The second kappa shape index (κ2) is 10.3. The van der Waals surface area contributed by atoms with Crippen LogP contribution in [0, 0.1) is 51.8 Å². The molecular formula is C20H25N3O3. The Labute approximate surface area is 155 Å². The summed E-state index contributed by atoms with van der Waals surface area (Å²) in [4.78, 5) is 22.1. The molecule has 0 heterocycles. The van der Waals surface area contributed by atoms with E-state index in [-0.39, 0.29) is 36.8 Å². The Kier molecular flexibility index (Phi) is 8.40. The van der Waals surface area contributed by atoms with Crippen molar-refractivity contribution in [3.8, 4) is 24.0 Å². The number of carbonyl (C=O) groups is 2. The molecule has 1 N–H and O–H groups in total. The molecule has 1 rings (SSSR count). The summed E-state index contributed by atoms with van der Waals surface area (Å²) < 4.78 is 4.75. The quantitative estimate of drug-likeness (QED) is 0.448. The summed E-state index contributed by atoms with van der Waals surface area (Å²) in [6.45, 7) is 6.52. The number of allylic oxidation sites excluding steroid dienone is 1. The predicted molar refractivity (Wildman–Crippen MR) is 95.9 cm³/mol. The Morgan fingerprint density at radius 1 is 1.27 bits per heavy atom. The van der Waals surface area contributed by atoms with Gasteiger partial charge in [0.25, 0.3) is 0 Å². The average Bonchev–Trinajstić information content (AvgIpc) is 2.59. The number of rotatable bonds is 6. The fourth-order valence-electron chi connectivity index (χ4n) is 3.60. The van der Waals surface area contributed by atoms with E-state index in [1.54, 1.807) is 6.08 Å². The molecule has 6 nitrogen and oxygen atoms in total. The SMILES string of the molecule is C=CC[C@@H]1C[C@@H](NC(C)=O)CC[C@H]1C(C#N)(C#N)CC#CCOC(C)=O. The first kappa shape index (κ1) is 21.3. The number of nitrogens with zero attached hydrogens (tertiary/aromatic N) is 2. The summed E-state index contributed by atoms with van der Waals surface area (Å²) in [5.74, 6) is 4.94. The van der Waals surface area contributed by atoms with Crippen molar-refractivity contribution in [3.63, 3.8) is 0 Å². The number of hydrogen-bond acceptors (Lipinski definition) is 5. The first-order valence-electron chi connectivity index (χ1n) is 8.68. The van der Waals surface area contributed by atoms with Crippen LogP contribution >= 0.6 is 0 Å². The Bertz CT molecular complexity index is 661. The fraction of sp³-hybridized carbons (Fsp3) is 0.600. The van der Waals surface area contributed by atoms with Crippen LogP contribution in [0.2, 0.25) is 0 Å². The summed E-state index contributed by atoms with van der Waals surface area (Å²) in [5.41, 5.74) is -1.22. The minimum atomic E-state index is -1.22. The topological polar surface area (TPSA) is 103 Å². The Morgan fingerprint density at radius 3 is 2.50 bits per heavy atom. The van der Waals surface area contributed by atoms with Gasteiger partial charge in [-0.1, -0.05) is 17.9 Å². The standard InChI is InChI=1S/C20H25N3O3/c1-4-7-17-12-18(23-15(2)24)8-9-19(17)20(13-21,14-22)10-5-6-11-26-16(3)25/h4,17-19H,1,7-12H2,2-3H3,(H,23,24)/t17-,18+,19-/m1/s1. The van der Waals surface area contributed by atoms with Gasteiger partial charge in [-0.15, -0.1) is 6.58 Å². The van der Waals surface area contributed by atoms with Crippen molar-refractivity contribution in [3.05, 3.63) is 12.7 Å². The molecule has 0 spiro atoms. The van der Waals surface area contributed by atoms with Gasteiger partial charge in [0.1, 0.15) is 0 Å². The number of amides is 1. The molecule has 3 atom stereocenters. The van der Waals surface area contributed by atoms with Gasteiger partial charge in [-0.25, -0.2) is 0 Å². The van der Waals surface area contributed by atoms with Crippen LogP contribution in [0.15, 0.2) is 12.7 Å². The van der Waals surface area contributed by atoms with Gasteiger partial charge < -0.3 is 10.1 Å². The van der Waals surface area contributed by atoms with Crippen molar-refractivity contribution in [2.24, 2.45) is 17.3 Å². The smallest absolute Gasteiger partial charge is 0.303 e. The monoisotopic (exact) mass is 355 g/mol. The summed E-state index contributed by atoms with van der Waals surface area (Å²) in [6, 6.07) is 4.43.